The zero-order chi connectivity index (χ0) is 21.3. The smallest absolute Gasteiger partial charge is 0.295 e. The standard InChI is InChI=1S/C23H18ClFN4O/c1-14-4-3-5-19(12-14)26-23(30)21-27-22(16-7-10-18(25)11-8-16)29(28-21)20-13-17(24)9-6-15(20)2/h3-13H,1-2H3,(H,26,30). The Morgan fingerprint density at radius 3 is 2.53 bits per heavy atom. The third-order valence-corrected chi connectivity index (χ3v) is 4.82. The third-order valence-electron chi connectivity index (χ3n) is 4.59. The molecule has 0 atom stereocenters. The minimum atomic E-state index is -0.442. The molecule has 7 heteroatoms. The van der Waals surface area contributed by atoms with E-state index < -0.39 is 5.91 Å². The maximum atomic E-state index is 13.4. The van der Waals surface area contributed by atoms with Gasteiger partial charge in [0.25, 0.3) is 5.91 Å². The number of hydrogen-bond donors (Lipinski definition) is 1. The molecule has 1 aromatic heterocycles. The van der Waals surface area contributed by atoms with E-state index >= 15 is 0 Å². The first-order chi connectivity index (χ1) is 14.4. The number of hydrogen-bond acceptors (Lipinski definition) is 3. The number of amides is 1. The minimum Gasteiger partial charge on any atom is -0.319 e. The van der Waals surface area contributed by atoms with Crippen LogP contribution in [-0.2, 0) is 0 Å². The first-order valence-electron chi connectivity index (χ1n) is 9.28. The van der Waals surface area contributed by atoms with E-state index in [0.29, 0.717) is 27.8 Å². The number of nitrogens with zero attached hydrogens (tertiary/aromatic N) is 3. The Morgan fingerprint density at radius 1 is 1.03 bits per heavy atom. The lowest BCUT2D eigenvalue weighted by Gasteiger charge is -2.09. The van der Waals surface area contributed by atoms with Gasteiger partial charge in [-0.1, -0.05) is 29.8 Å². The highest BCUT2D eigenvalue weighted by Gasteiger charge is 2.20. The number of aromatic nitrogens is 3. The second-order valence-corrected chi connectivity index (χ2v) is 7.37. The van der Waals surface area contributed by atoms with Gasteiger partial charge in [-0.05, 0) is 73.5 Å². The summed E-state index contributed by atoms with van der Waals surface area (Å²) in [5.74, 6) is -0.395. The monoisotopic (exact) mass is 420 g/mol. The molecule has 0 saturated heterocycles. The number of rotatable bonds is 4. The van der Waals surface area contributed by atoms with Crippen molar-refractivity contribution in [3.8, 4) is 17.1 Å². The largest absolute Gasteiger partial charge is 0.319 e. The summed E-state index contributed by atoms with van der Waals surface area (Å²) < 4.78 is 15.0. The second-order valence-electron chi connectivity index (χ2n) is 6.93. The molecule has 0 aliphatic heterocycles. The first-order valence-corrected chi connectivity index (χ1v) is 9.66. The minimum absolute atomic E-state index is 0.00444. The lowest BCUT2D eigenvalue weighted by molar-refractivity contribution is 0.101. The molecule has 1 N–H and O–H groups in total. The van der Waals surface area contributed by atoms with Crippen molar-refractivity contribution in [2.45, 2.75) is 13.8 Å². The zero-order valence-corrected chi connectivity index (χ0v) is 17.1. The lowest BCUT2D eigenvalue weighted by Crippen LogP contribution is -2.14. The molecular weight excluding hydrogens is 403 g/mol. The summed E-state index contributed by atoms with van der Waals surface area (Å²) in [5, 5.41) is 7.78. The molecule has 30 heavy (non-hydrogen) atoms. The fraction of sp³-hybridized carbons (Fsp3) is 0.0870. The predicted octanol–water partition coefficient (Wildman–Crippen LogP) is 5.60. The Balaban J connectivity index is 1.80. The first kappa shape index (κ1) is 19.8. The summed E-state index contributed by atoms with van der Waals surface area (Å²) in [6, 6.07) is 18.7. The molecule has 0 aliphatic carbocycles. The molecule has 0 unspecified atom stereocenters. The van der Waals surface area contributed by atoms with Crippen LogP contribution in [0.2, 0.25) is 5.02 Å². The molecule has 4 aromatic rings. The summed E-state index contributed by atoms with van der Waals surface area (Å²) in [5.41, 5.74) is 3.88. The second kappa shape index (κ2) is 8.08. The normalized spacial score (nSPS) is 10.8. The number of benzene rings is 3. The van der Waals surface area contributed by atoms with Gasteiger partial charge in [-0.2, -0.15) is 0 Å². The van der Waals surface area contributed by atoms with E-state index in [9.17, 15) is 9.18 Å². The van der Waals surface area contributed by atoms with Gasteiger partial charge >= 0.3 is 0 Å². The highest BCUT2D eigenvalue weighted by atomic mass is 35.5. The quantitative estimate of drug-likeness (QED) is 0.467. The number of anilines is 1. The van der Waals surface area contributed by atoms with E-state index in [-0.39, 0.29) is 11.6 Å². The molecule has 4 rings (SSSR count). The Kier molecular flexibility index (Phi) is 5.33. The van der Waals surface area contributed by atoms with Crippen molar-refractivity contribution in [2.75, 3.05) is 5.32 Å². The molecule has 0 fully saturated rings. The van der Waals surface area contributed by atoms with Gasteiger partial charge in [0, 0.05) is 16.3 Å². The average Bonchev–Trinajstić information content (AvgIpc) is 3.16. The highest BCUT2D eigenvalue weighted by Crippen LogP contribution is 2.26. The molecule has 0 radical (unpaired) electrons. The SMILES string of the molecule is Cc1cccc(NC(=O)c2nc(-c3ccc(F)cc3)n(-c3cc(Cl)ccc3C)n2)c1. The average molecular weight is 421 g/mol. The Bertz CT molecular complexity index is 1230. The molecule has 1 amide bonds. The summed E-state index contributed by atoms with van der Waals surface area (Å²) in [6.45, 7) is 3.85. The third kappa shape index (κ3) is 4.09. The predicted molar refractivity (Wildman–Crippen MR) is 116 cm³/mol. The van der Waals surface area contributed by atoms with Gasteiger partial charge in [-0.3, -0.25) is 4.79 Å². The van der Waals surface area contributed by atoms with Crippen LogP contribution < -0.4 is 5.32 Å². The van der Waals surface area contributed by atoms with Gasteiger partial charge in [-0.25, -0.2) is 14.1 Å². The molecule has 0 aliphatic rings. The Morgan fingerprint density at radius 2 is 1.80 bits per heavy atom. The number of nitrogens with one attached hydrogen (secondary N) is 1. The topological polar surface area (TPSA) is 59.8 Å². The van der Waals surface area contributed by atoms with Crippen LogP contribution in [0.1, 0.15) is 21.7 Å². The molecule has 0 spiro atoms. The molecule has 1 heterocycles. The van der Waals surface area contributed by atoms with Crippen LogP contribution >= 0.6 is 11.6 Å². The highest BCUT2D eigenvalue weighted by molar-refractivity contribution is 6.30. The van der Waals surface area contributed by atoms with E-state index in [4.69, 9.17) is 11.6 Å². The van der Waals surface area contributed by atoms with Crippen molar-refractivity contribution >= 4 is 23.2 Å². The van der Waals surface area contributed by atoms with Gasteiger partial charge in [0.1, 0.15) is 5.82 Å². The van der Waals surface area contributed by atoms with E-state index in [1.54, 1.807) is 35.0 Å². The number of carbonyl (C=O) groups is 1. The molecule has 5 nitrogen and oxygen atoms in total. The molecule has 0 saturated carbocycles. The molecule has 3 aromatic carbocycles. The van der Waals surface area contributed by atoms with Crippen LogP contribution in [0.5, 0.6) is 0 Å². The van der Waals surface area contributed by atoms with E-state index in [2.05, 4.69) is 15.4 Å². The summed E-state index contributed by atoms with van der Waals surface area (Å²) in [6.07, 6.45) is 0. The van der Waals surface area contributed by atoms with Crippen LogP contribution in [-0.4, -0.2) is 20.7 Å². The molecule has 0 bridgehead atoms. The maximum absolute atomic E-state index is 13.4. The van der Waals surface area contributed by atoms with Crippen molar-refractivity contribution < 1.29 is 9.18 Å². The van der Waals surface area contributed by atoms with Gasteiger partial charge < -0.3 is 5.32 Å². The fourth-order valence-electron chi connectivity index (χ4n) is 3.08. The van der Waals surface area contributed by atoms with Crippen LogP contribution in [0.15, 0.2) is 66.7 Å². The van der Waals surface area contributed by atoms with Crippen LogP contribution in [0, 0.1) is 19.7 Å². The van der Waals surface area contributed by atoms with Crippen molar-refractivity contribution in [2.24, 2.45) is 0 Å². The van der Waals surface area contributed by atoms with E-state index in [1.165, 1.54) is 12.1 Å². The fourth-order valence-corrected chi connectivity index (χ4v) is 3.25. The van der Waals surface area contributed by atoms with Crippen LogP contribution in [0.25, 0.3) is 17.1 Å². The van der Waals surface area contributed by atoms with Crippen LogP contribution in [0.3, 0.4) is 0 Å². The van der Waals surface area contributed by atoms with E-state index in [0.717, 1.165) is 11.1 Å². The molecule has 150 valence electrons. The van der Waals surface area contributed by atoms with E-state index in [1.807, 2.05) is 38.1 Å². The van der Waals surface area contributed by atoms with Gasteiger partial charge in [0.05, 0.1) is 5.69 Å². The van der Waals surface area contributed by atoms with Gasteiger partial charge in [0.2, 0.25) is 5.82 Å². The van der Waals surface area contributed by atoms with Crippen molar-refractivity contribution in [1.82, 2.24) is 14.8 Å². The summed E-state index contributed by atoms with van der Waals surface area (Å²) in [4.78, 5) is 17.3. The lowest BCUT2D eigenvalue weighted by atomic mass is 10.1. The maximum Gasteiger partial charge on any atom is 0.295 e. The number of carbonyl (C=O) groups excluding carboxylic acids is 1. The van der Waals surface area contributed by atoms with Gasteiger partial charge in [0.15, 0.2) is 5.82 Å². The summed E-state index contributed by atoms with van der Waals surface area (Å²) in [7, 11) is 0. The van der Waals surface area contributed by atoms with Crippen molar-refractivity contribution in [3.05, 3.63) is 94.5 Å². The van der Waals surface area contributed by atoms with Crippen molar-refractivity contribution in [1.29, 1.82) is 0 Å². The van der Waals surface area contributed by atoms with Gasteiger partial charge in [-0.15, -0.1) is 5.10 Å². The Hall–Kier alpha value is -3.51. The molecular formula is C23H18ClFN4O. The number of halogens is 2. The van der Waals surface area contributed by atoms with Crippen molar-refractivity contribution in [3.63, 3.8) is 0 Å². The number of aryl methyl sites for hydroxylation is 2. The summed E-state index contributed by atoms with van der Waals surface area (Å²) >= 11 is 6.19. The Labute approximate surface area is 178 Å². The van der Waals surface area contributed by atoms with Crippen LogP contribution in [0.4, 0.5) is 10.1 Å². The zero-order valence-electron chi connectivity index (χ0n) is 16.4.